The monoisotopic (exact) mass is 320 g/mol. The number of hydrogen-bond donors (Lipinski definition) is 2. The number of nitrogens with one attached hydrogen (secondary N) is 1. The number of fused-ring (bicyclic) bond motifs is 1. The van der Waals surface area contributed by atoms with Crippen molar-refractivity contribution in [2.45, 2.75) is 12.5 Å². The van der Waals surface area contributed by atoms with Gasteiger partial charge in [-0.2, -0.15) is 0 Å². The number of aliphatic imine (C=N–C) groups is 1. The molecule has 1 unspecified atom stereocenters. The van der Waals surface area contributed by atoms with E-state index in [2.05, 4.69) is 22.8 Å². The van der Waals surface area contributed by atoms with Crippen LogP contribution < -0.4 is 5.32 Å². The van der Waals surface area contributed by atoms with Crippen LogP contribution in [0.5, 0.6) is 5.75 Å². The number of thiophene rings is 1. The summed E-state index contributed by atoms with van der Waals surface area (Å²) in [5, 5.41) is 15.9. The van der Waals surface area contributed by atoms with Crippen molar-refractivity contribution in [3.8, 4) is 5.75 Å². The summed E-state index contributed by atoms with van der Waals surface area (Å²) >= 11 is 1.73. The fourth-order valence-corrected chi connectivity index (χ4v) is 3.64. The van der Waals surface area contributed by atoms with Gasteiger partial charge in [0.2, 0.25) is 0 Å². The number of aromatic hydroxyl groups is 1. The second kappa shape index (κ2) is 5.89. The van der Waals surface area contributed by atoms with Crippen molar-refractivity contribution in [3.05, 3.63) is 76.5 Å². The quantitative estimate of drug-likeness (QED) is 0.687. The van der Waals surface area contributed by atoms with Crippen molar-refractivity contribution in [2.24, 2.45) is 4.99 Å². The van der Waals surface area contributed by atoms with Gasteiger partial charge < -0.3 is 10.4 Å². The van der Waals surface area contributed by atoms with Crippen molar-refractivity contribution in [1.29, 1.82) is 0 Å². The molecule has 4 rings (SSSR count). The van der Waals surface area contributed by atoms with Crippen molar-refractivity contribution in [3.63, 3.8) is 0 Å². The number of rotatable bonds is 2. The molecule has 2 aromatic carbocycles. The molecule has 0 amide bonds. The van der Waals surface area contributed by atoms with Crippen LogP contribution in [0.15, 0.2) is 71.0 Å². The predicted molar refractivity (Wildman–Crippen MR) is 96.0 cm³/mol. The van der Waals surface area contributed by atoms with Crippen LogP contribution in [-0.4, -0.2) is 10.8 Å². The van der Waals surface area contributed by atoms with Crippen LogP contribution in [-0.2, 0) is 0 Å². The Morgan fingerprint density at radius 2 is 1.83 bits per heavy atom. The largest absolute Gasteiger partial charge is 0.507 e. The van der Waals surface area contributed by atoms with Gasteiger partial charge in [-0.15, -0.1) is 11.3 Å². The molecule has 3 nitrogen and oxygen atoms in total. The maximum atomic E-state index is 10.2. The number of nitrogens with zero attached hydrogens (tertiary/aromatic N) is 1. The lowest BCUT2D eigenvalue weighted by molar-refractivity contribution is 0.474. The third-order valence-corrected chi connectivity index (χ3v) is 4.97. The maximum absolute atomic E-state index is 10.2. The van der Waals surface area contributed by atoms with Crippen LogP contribution in [0, 0.1) is 0 Å². The smallest absolute Gasteiger partial charge is 0.124 e. The highest BCUT2D eigenvalue weighted by Crippen LogP contribution is 2.37. The lowest BCUT2D eigenvalue weighted by atomic mass is 10.0. The van der Waals surface area contributed by atoms with Gasteiger partial charge >= 0.3 is 0 Å². The molecule has 0 aliphatic carbocycles. The van der Waals surface area contributed by atoms with E-state index in [4.69, 9.17) is 4.99 Å². The van der Waals surface area contributed by atoms with Gasteiger partial charge in [0, 0.05) is 16.9 Å². The Balaban J connectivity index is 1.84. The molecule has 1 atom stereocenters. The summed E-state index contributed by atoms with van der Waals surface area (Å²) < 4.78 is 0. The Labute approximate surface area is 139 Å². The molecule has 0 radical (unpaired) electrons. The first-order valence-corrected chi connectivity index (χ1v) is 8.44. The molecule has 0 bridgehead atoms. The minimum atomic E-state index is 0.150. The van der Waals surface area contributed by atoms with E-state index >= 15 is 0 Å². The van der Waals surface area contributed by atoms with Crippen LogP contribution in [0.25, 0.3) is 0 Å². The average molecular weight is 320 g/mol. The number of hydrogen-bond acceptors (Lipinski definition) is 4. The van der Waals surface area contributed by atoms with Crippen molar-refractivity contribution in [1.82, 2.24) is 0 Å². The van der Waals surface area contributed by atoms with Gasteiger partial charge in [0.05, 0.1) is 23.1 Å². The molecular formula is C19H16N2OS. The summed E-state index contributed by atoms with van der Waals surface area (Å²) in [4.78, 5) is 6.10. The fraction of sp³-hybridized carbons (Fsp3) is 0.105. The third-order valence-electron chi connectivity index (χ3n) is 3.99. The van der Waals surface area contributed by atoms with Gasteiger partial charge in [0.25, 0.3) is 0 Å². The standard InChI is InChI=1S/C19H16N2OS/c22-18-9-4-1-6-13(18)16-12-17(19-10-5-11-23-19)21-15-8-3-2-7-14(15)20-16/h1-11,17,21-22H,12H2. The first kappa shape index (κ1) is 14.0. The van der Waals surface area contributed by atoms with Gasteiger partial charge in [0.1, 0.15) is 5.75 Å². The summed E-state index contributed by atoms with van der Waals surface area (Å²) in [5.41, 5.74) is 3.63. The SMILES string of the molecule is Oc1ccccc1C1=Nc2ccccc2NC(c2cccs2)C1. The highest BCUT2D eigenvalue weighted by atomic mass is 32.1. The summed E-state index contributed by atoms with van der Waals surface area (Å²) in [7, 11) is 0. The Hall–Kier alpha value is -2.59. The van der Waals surface area contributed by atoms with Crippen LogP contribution in [0.4, 0.5) is 11.4 Å². The van der Waals surface area contributed by atoms with E-state index in [1.807, 2.05) is 42.5 Å². The van der Waals surface area contributed by atoms with Gasteiger partial charge in [-0.25, -0.2) is 0 Å². The van der Waals surface area contributed by atoms with Crippen LogP contribution in [0.2, 0.25) is 0 Å². The number of para-hydroxylation sites is 3. The molecule has 114 valence electrons. The number of phenolic OH excluding ortho intramolecular Hbond substituents is 1. The fourth-order valence-electron chi connectivity index (χ4n) is 2.87. The zero-order valence-corrected chi connectivity index (χ0v) is 13.3. The van der Waals surface area contributed by atoms with E-state index < -0.39 is 0 Å². The van der Waals surface area contributed by atoms with Gasteiger partial charge in [0.15, 0.2) is 0 Å². The maximum Gasteiger partial charge on any atom is 0.124 e. The third kappa shape index (κ3) is 2.73. The lowest BCUT2D eigenvalue weighted by Gasteiger charge is -2.17. The Morgan fingerprint density at radius 3 is 2.65 bits per heavy atom. The minimum absolute atomic E-state index is 0.150. The second-order valence-corrected chi connectivity index (χ2v) is 6.49. The number of phenols is 1. The van der Waals surface area contributed by atoms with E-state index in [0.29, 0.717) is 0 Å². The molecule has 0 saturated carbocycles. The van der Waals surface area contributed by atoms with E-state index in [9.17, 15) is 5.11 Å². The molecule has 2 N–H and O–H groups in total. The van der Waals surface area contributed by atoms with Crippen LogP contribution in [0.1, 0.15) is 22.9 Å². The van der Waals surface area contributed by atoms with Crippen molar-refractivity contribution < 1.29 is 5.11 Å². The molecule has 2 heterocycles. The zero-order chi connectivity index (χ0) is 15.6. The van der Waals surface area contributed by atoms with Gasteiger partial charge in [-0.05, 0) is 35.7 Å². The highest BCUT2D eigenvalue weighted by molar-refractivity contribution is 7.10. The van der Waals surface area contributed by atoms with E-state index in [-0.39, 0.29) is 11.8 Å². The molecule has 1 aliphatic rings. The molecule has 23 heavy (non-hydrogen) atoms. The van der Waals surface area contributed by atoms with Gasteiger partial charge in [-0.1, -0.05) is 30.3 Å². The lowest BCUT2D eigenvalue weighted by Crippen LogP contribution is -2.13. The average Bonchev–Trinajstić information content (AvgIpc) is 3.03. The molecular weight excluding hydrogens is 304 g/mol. The molecule has 0 spiro atoms. The Bertz CT molecular complexity index is 855. The topological polar surface area (TPSA) is 44.6 Å². The van der Waals surface area contributed by atoms with Crippen LogP contribution in [0.3, 0.4) is 0 Å². The zero-order valence-electron chi connectivity index (χ0n) is 12.4. The van der Waals surface area contributed by atoms with E-state index in [1.165, 1.54) is 4.88 Å². The summed E-state index contributed by atoms with van der Waals surface area (Å²) in [6, 6.07) is 19.8. The Morgan fingerprint density at radius 1 is 1.00 bits per heavy atom. The Kier molecular flexibility index (Phi) is 3.60. The normalized spacial score (nSPS) is 16.9. The molecule has 0 saturated heterocycles. The first-order valence-electron chi connectivity index (χ1n) is 7.56. The molecule has 1 aromatic heterocycles. The van der Waals surface area contributed by atoms with Crippen molar-refractivity contribution in [2.75, 3.05) is 5.32 Å². The highest BCUT2D eigenvalue weighted by Gasteiger charge is 2.22. The predicted octanol–water partition coefficient (Wildman–Crippen LogP) is 5.13. The summed E-state index contributed by atoms with van der Waals surface area (Å²) in [5.74, 6) is 0.274. The number of benzene rings is 2. The second-order valence-electron chi connectivity index (χ2n) is 5.51. The molecule has 3 aromatic rings. The van der Waals surface area contributed by atoms with E-state index in [1.54, 1.807) is 17.4 Å². The van der Waals surface area contributed by atoms with E-state index in [0.717, 1.165) is 29.1 Å². The minimum Gasteiger partial charge on any atom is -0.507 e. The van der Waals surface area contributed by atoms with Gasteiger partial charge in [-0.3, -0.25) is 4.99 Å². The van der Waals surface area contributed by atoms with Crippen molar-refractivity contribution >= 4 is 28.4 Å². The summed E-state index contributed by atoms with van der Waals surface area (Å²) in [6.07, 6.45) is 0.729. The summed E-state index contributed by atoms with van der Waals surface area (Å²) in [6.45, 7) is 0. The molecule has 0 fully saturated rings. The van der Waals surface area contributed by atoms with Crippen LogP contribution >= 0.6 is 11.3 Å². The molecule has 1 aliphatic heterocycles. The molecule has 4 heteroatoms. The first-order chi connectivity index (χ1) is 11.3. The number of anilines is 1.